The number of benzene rings is 1. The molecule has 2 aliphatic rings. The molecule has 1 fully saturated rings. The topological polar surface area (TPSA) is 87.6 Å². The number of fused-ring (bicyclic) bond motifs is 1. The molecule has 2 aliphatic heterocycles. The number of thioether (sulfide) groups is 1. The van der Waals surface area contributed by atoms with Gasteiger partial charge < -0.3 is 10.8 Å². The minimum Gasteiger partial charge on any atom is -0.391 e. The highest BCUT2D eigenvalue weighted by Gasteiger charge is 2.34. The number of aromatic nitrogens is 2. The summed E-state index contributed by atoms with van der Waals surface area (Å²) in [6, 6.07) is 7.82. The minimum absolute atomic E-state index is 0.102. The molecular weight excluding hydrogens is 370 g/mol. The van der Waals surface area contributed by atoms with Gasteiger partial charge in [-0.05, 0) is 24.3 Å². The van der Waals surface area contributed by atoms with Crippen molar-refractivity contribution in [1.29, 1.82) is 0 Å². The maximum absolute atomic E-state index is 10.4. The van der Waals surface area contributed by atoms with E-state index in [2.05, 4.69) is 19.9 Å². The molecule has 0 spiro atoms. The fourth-order valence-corrected chi connectivity index (χ4v) is 4.63. The van der Waals surface area contributed by atoms with Gasteiger partial charge in [0, 0.05) is 47.4 Å². The summed E-state index contributed by atoms with van der Waals surface area (Å²) < 4.78 is 0. The van der Waals surface area contributed by atoms with E-state index in [1.807, 2.05) is 30.5 Å². The van der Waals surface area contributed by atoms with Crippen LogP contribution >= 0.6 is 23.4 Å². The summed E-state index contributed by atoms with van der Waals surface area (Å²) in [4.78, 5) is 16.1. The van der Waals surface area contributed by atoms with Crippen molar-refractivity contribution in [2.24, 2.45) is 10.9 Å². The number of nitrogens with two attached hydrogens (primary N) is 1. The highest BCUT2D eigenvalue weighted by molar-refractivity contribution is 7.99. The first-order valence-corrected chi connectivity index (χ1v) is 9.90. The standard InChI is InChI=1S/C18H20ClN5OS/c19-13-1-3-14(4-2-13)26-9-12-7-24(8-15(12)25)6-11-5-21-17-16(11)22-10-23-18(17)20/h1-5,10-12,15,25H,6-9H2,(H2,20,22,23)/t11?,12-,15+/m1/s1. The molecule has 3 atom stereocenters. The van der Waals surface area contributed by atoms with E-state index in [0.717, 1.165) is 29.6 Å². The molecular formula is C18H20ClN5OS. The second-order valence-corrected chi connectivity index (χ2v) is 8.22. The maximum atomic E-state index is 10.4. The summed E-state index contributed by atoms with van der Waals surface area (Å²) in [5, 5.41) is 11.2. The smallest absolute Gasteiger partial charge is 0.153 e. The van der Waals surface area contributed by atoms with Crippen LogP contribution in [0.2, 0.25) is 5.02 Å². The Hall–Kier alpha value is -1.67. The number of hydrogen-bond acceptors (Lipinski definition) is 7. The quantitative estimate of drug-likeness (QED) is 0.764. The number of hydrogen-bond donors (Lipinski definition) is 2. The van der Waals surface area contributed by atoms with E-state index in [1.54, 1.807) is 11.8 Å². The normalized spacial score (nSPS) is 24.9. The Kier molecular flexibility index (Phi) is 5.13. The molecule has 1 unspecified atom stereocenters. The SMILES string of the molecule is Nc1ncnc2c1N=CC2CN1C[C@H](CSc2ccc(Cl)cc2)[C@@H](O)C1. The minimum atomic E-state index is -0.317. The van der Waals surface area contributed by atoms with E-state index < -0.39 is 0 Å². The molecule has 3 heterocycles. The molecule has 4 rings (SSSR count). The Balaban J connectivity index is 1.34. The van der Waals surface area contributed by atoms with E-state index in [0.29, 0.717) is 18.1 Å². The predicted octanol–water partition coefficient (Wildman–Crippen LogP) is 2.60. The van der Waals surface area contributed by atoms with Crippen molar-refractivity contribution in [3.63, 3.8) is 0 Å². The molecule has 1 saturated heterocycles. The van der Waals surface area contributed by atoms with Crippen LogP contribution < -0.4 is 5.73 Å². The highest BCUT2D eigenvalue weighted by atomic mass is 35.5. The number of nitrogen functional groups attached to an aromatic ring is 1. The largest absolute Gasteiger partial charge is 0.391 e. The van der Waals surface area contributed by atoms with Crippen LogP contribution in [0.4, 0.5) is 11.5 Å². The van der Waals surface area contributed by atoms with Crippen molar-refractivity contribution >= 4 is 41.1 Å². The van der Waals surface area contributed by atoms with E-state index in [4.69, 9.17) is 17.3 Å². The van der Waals surface area contributed by atoms with Gasteiger partial charge in [0.25, 0.3) is 0 Å². The van der Waals surface area contributed by atoms with Crippen LogP contribution in [0, 0.1) is 5.92 Å². The van der Waals surface area contributed by atoms with Gasteiger partial charge >= 0.3 is 0 Å². The predicted molar refractivity (Wildman–Crippen MR) is 105 cm³/mol. The Labute approximate surface area is 161 Å². The Morgan fingerprint density at radius 2 is 2.04 bits per heavy atom. The van der Waals surface area contributed by atoms with Crippen molar-refractivity contribution < 1.29 is 5.11 Å². The number of anilines is 1. The van der Waals surface area contributed by atoms with Crippen LogP contribution in [-0.4, -0.2) is 57.7 Å². The van der Waals surface area contributed by atoms with Gasteiger partial charge in [0.15, 0.2) is 5.82 Å². The van der Waals surface area contributed by atoms with Gasteiger partial charge in [-0.2, -0.15) is 0 Å². The zero-order valence-corrected chi connectivity index (χ0v) is 15.7. The Morgan fingerprint density at radius 3 is 2.85 bits per heavy atom. The molecule has 0 saturated carbocycles. The molecule has 1 aromatic carbocycles. The van der Waals surface area contributed by atoms with Gasteiger partial charge in [-0.3, -0.25) is 9.89 Å². The molecule has 0 radical (unpaired) electrons. The molecule has 136 valence electrons. The number of aliphatic imine (C=N–C) groups is 1. The Morgan fingerprint density at radius 1 is 1.23 bits per heavy atom. The number of nitrogens with zero attached hydrogens (tertiary/aromatic N) is 4. The van der Waals surface area contributed by atoms with Crippen LogP contribution in [-0.2, 0) is 0 Å². The molecule has 0 aliphatic carbocycles. The fourth-order valence-electron chi connectivity index (χ4n) is 3.45. The van der Waals surface area contributed by atoms with E-state index in [9.17, 15) is 5.11 Å². The van der Waals surface area contributed by atoms with Gasteiger partial charge in [0.05, 0.1) is 17.7 Å². The van der Waals surface area contributed by atoms with Gasteiger partial charge in [0.1, 0.15) is 12.0 Å². The van der Waals surface area contributed by atoms with Crippen molar-refractivity contribution in [1.82, 2.24) is 14.9 Å². The van der Waals surface area contributed by atoms with E-state index in [1.165, 1.54) is 11.2 Å². The van der Waals surface area contributed by atoms with Crippen molar-refractivity contribution in [3.8, 4) is 0 Å². The van der Waals surface area contributed by atoms with Crippen LogP contribution in [0.5, 0.6) is 0 Å². The molecule has 0 bridgehead atoms. The third kappa shape index (κ3) is 3.71. The second-order valence-electron chi connectivity index (χ2n) is 6.69. The maximum Gasteiger partial charge on any atom is 0.153 e. The first-order valence-electron chi connectivity index (χ1n) is 8.53. The summed E-state index contributed by atoms with van der Waals surface area (Å²) in [6.45, 7) is 2.32. The monoisotopic (exact) mass is 389 g/mol. The van der Waals surface area contributed by atoms with Gasteiger partial charge in [-0.1, -0.05) is 11.6 Å². The number of halogens is 1. The van der Waals surface area contributed by atoms with Gasteiger partial charge in [-0.15, -0.1) is 11.8 Å². The number of rotatable bonds is 5. The summed E-state index contributed by atoms with van der Waals surface area (Å²) >= 11 is 7.68. The van der Waals surface area contributed by atoms with Crippen molar-refractivity contribution in [2.75, 3.05) is 31.1 Å². The van der Waals surface area contributed by atoms with Gasteiger partial charge in [0.2, 0.25) is 0 Å². The lowest BCUT2D eigenvalue weighted by atomic mass is 10.1. The number of likely N-dealkylation sites (tertiary alicyclic amines) is 1. The van der Waals surface area contributed by atoms with Crippen LogP contribution in [0.15, 0.2) is 40.5 Å². The third-order valence-electron chi connectivity index (χ3n) is 4.83. The highest BCUT2D eigenvalue weighted by Crippen LogP contribution is 2.35. The lowest BCUT2D eigenvalue weighted by Gasteiger charge is -2.19. The van der Waals surface area contributed by atoms with Gasteiger partial charge in [-0.25, -0.2) is 9.97 Å². The number of aliphatic hydroxyl groups excluding tert-OH is 1. The summed E-state index contributed by atoms with van der Waals surface area (Å²) in [7, 11) is 0. The average molecular weight is 390 g/mol. The summed E-state index contributed by atoms with van der Waals surface area (Å²) in [5.74, 6) is 1.64. The number of β-amino-alcohol motifs (C(OH)–C–C–N with tert-alkyl or cyclic N) is 1. The zero-order chi connectivity index (χ0) is 18.1. The van der Waals surface area contributed by atoms with Crippen molar-refractivity contribution in [2.45, 2.75) is 16.9 Å². The third-order valence-corrected chi connectivity index (χ3v) is 6.28. The first kappa shape index (κ1) is 17.7. The summed E-state index contributed by atoms with van der Waals surface area (Å²) in [5.41, 5.74) is 7.43. The molecule has 1 aromatic heterocycles. The lowest BCUT2D eigenvalue weighted by Crippen LogP contribution is -2.27. The number of aliphatic hydroxyl groups is 1. The lowest BCUT2D eigenvalue weighted by molar-refractivity contribution is 0.150. The van der Waals surface area contributed by atoms with Crippen LogP contribution in [0.25, 0.3) is 0 Å². The second kappa shape index (κ2) is 7.52. The summed E-state index contributed by atoms with van der Waals surface area (Å²) in [6.07, 6.45) is 3.06. The Bertz CT molecular complexity index is 816. The molecule has 8 heteroatoms. The van der Waals surface area contributed by atoms with E-state index in [-0.39, 0.29) is 17.9 Å². The molecule has 2 aromatic rings. The molecule has 3 N–H and O–H groups in total. The molecule has 26 heavy (non-hydrogen) atoms. The van der Waals surface area contributed by atoms with Crippen LogP contribution in [0.1, 0.15) is 11.6 Å². The molecule has 6 nitrogen and oxygen atoms in total. The zero-order valence-electron chi connectivity index (χ0n) is 14.1. The van der Waals surface area contributed by atoms with Crippen LogP contribution in [0.3, 0.4) is 0 Å². The average Bonchev–Trinajstić information content (AvgIpc) is 3.19. The molecule has 0 amide bonds. The van der Waals surface area contributed by atoms with E-state index >= 15 is 0 Å². The van der Waals surface area contributed by atoms with Crippen molar-refractivity contribution in [3.05, 3.63) is 41.3 Å². The first-order chi connectivity index (χ1) is 12.6. The fraction of sp³-hybridized carbons (Fsp3) is 0.389.